The molecule has 1 N–H and O–H groups in total. The zero-order valence-electron chi connectivity index (χ0n) is 2.08. The molecule has 0 aliphatic heterocycles. The summed E-state index contributed by atoms with van der Waals surface area (Å²) in [6, 6.07) is 0. The minimum absolute atomic E-state index is 0. The SMILES string of the molecule is C.C[NH-].[Y]. The molecule has 25 valence electrons. The molecule has 0 heterocycles. The Bertz CT molecular complexity index is 6.00. The number of hydrogen-bond donors (Lipinski definition) is 0. The Hall–Kier alpha value is 1.06. The van der Waals surface area contributed by atoms with Crippen LogP contribution in [0.4, 0.5) is 0 Å². The van der Waals surface area contributed by atoms with E-state index in [4.69, 9.17) is 5.73 Å². The van der Waals surface area contributed by atoms with Crippen LogP contribution in [-0.2, 0) is 32.7 Å². The van der Waals surface area contributed by atoms with Crippen molar-refractivity contribution in [2.75, 3.05) is 7.05 Å². The van der Waals surface area contributed by atoms with Gasteiger partial charge in [-0.3, -0.25) is 0 Å². The first kappa shape index (κ1) is 19.6. The molecule has 0 aliphatic carbocycles. The fourth-order valence-corrected chi connectivity index (χ4v) is 0. The third-order valence-electron chi connectivity index (χ3n) is 0. The van der Waals surface area contributed by atoms with Crippen molar-refractivity contribution in [3.05, 3.63) is 5.73 Å². The van der Waals surface area contributed by atoms with Crippen LogP contribution in [0.15, 0.2) is 0 Å². The van der Waals surface area contributed by atoms with E-state index in [2.05, 4.69) is 0 Å². The predicted molar refractivity (Wildman–Crippen MR) is 17.0 cm³/mol. The quantitative estimate of drug-likeness (QED) is 0.478. The molecule has 0 saturated heterocycles. The minimum atomic E-state index is 0. The summed E-state index contributed by atoms with van der Waals surface area (Å²) in [5.41, 5.74) is 5.75. The smallest absolute Gasteiger partial charge is 0 e. The van der Waals surface area contributed by atoms with Gasteiger partial charge in [0.15, 0.2) is 0 Å². The second kappa shape index (κ2) is 33.7. The van der Waals surface area contributed by atoms with Crippen LogP contribution in [0.3, 0.4) is 0 Å². The van der Waals surface area contributed by atoms with Gasteiger partial charge in [0, 0.05) is 32.7 Å². The van der Waals surface area contributed by atoms with Gasteiger partial charge in [-0.25, -0.2) is 0 Å². The van der Waals surface area contributed by atoms with Crippen LogP contribution < -0.4 is 0 Å². The van der Waals surface area contributed by atoms with Crippen molar-refractivity contribution < 1.29 is 32.7 Å². The van der Waals surface area contributed by atoms with Crippen molar-refractivity contribution >= 4 is 0 Å². The maximum absolute atomic E-state index is 5.75. The third kappa shape index (κ3) is 11.5. The van der Waals surface area contributed by atoms with Gasteiger partial charge in [0.2, 0.25) is 0 Å². The Morgan fingerprint density at radius 3 is 1.25 bits per heavy atom. The number of rotatable bonds is 0. The zero-order valence-corrected chi connectivity index (χ0v) is 4.92. The van der Waals surface area contributed by atoms with Crippen LogP contribution in [0, 0.1) is 0 Å². The van der Waals surface area contributed by atoms with E-state index >= 15 is 0 Å². The van der Waals surface area contributed by atoms with Gasteiger partial charge in [-0.1, -0.05) is 7.43 Å². The Morgan fingerprint density at radius 1 is 1.25 bits per heavy atom. The average Bonchev–Trinajstić information content (AvgIpc) is 1.00. The molecule has 0 saturated carbocycles. The average molecular weight is 135 g/mol. The van der Waals surface area contributed by atoms with Crippen LogP contribution in [0.1, 0.15) is 7.43 Å². The summed E-state index contributed by atoms with van der Waals surface area (Å²) in [5, 5.41) is 0. The van der Waals surface area contributed by atoms with E-state index in [1.54, 1.807) is 0 Å². The maximum Gasteiger partial charge on any atom is 0 e. The van der Waals surface area contributed by atoms with E-state index < -0.39 is 0 Å². The summed E-state index contributed by atoms with van der Waals surface area (Å²) in [5.74, 6) is 0. The van der Waals surface area contributed by atoms with Gasteiger partial charge < -0.3 is 5.73 Å². The summed E-state index contributed by atoms with van der Waals surface area (Å²) in [7, 11) is 1.25. The van der Waals surface area contributed by atoms with Crippen LogP contribution in [0.25, 0.3) is 5.73 Å². The molecular formula is C2H8NY-. The Balaban J connectivity index is -0.00000000500. The molecule has 1 nitrogen and oxygen atoms in total. The van der Waals surface area contributed by atoms with Gasteiger partial charge in [0.1, 0.15) is 0 Å². The van der Waals surface area contributed by atoms with Gasteiger partial charge in [-0.05, 0) is 0 Å². The second-order valence-corrected chi connectivity index (χ2v) is 0. The van der Waals surface area contributed by atoms with Gasteiger partial charge in [0.05, 0.1) is 0 Å². The summed E-state index contributed by atoms with van der Waals surface area (Å²) >= 11 is 0. The van der Waals surface area contributed by atoms with Gasteiger partial charge in [-0.2, -0.15) is 7.05 Å². The first-order valence-corrected chi connectivity index (χ1v) is 0.500. The van der Waals surface area contributed by atoms with E-state index in [1.165, 1.54) is 7.05 Å². The fourth-order valence-electron chi connectivity index (χ4n) is 0. The number of hydrogen-bond acceptors (Lipinski definition) is 0. The molecule has 0 aromatic carbocycles. The zero-order chi connectivity index (χ0) is 2.00. The van der Waals surface area contributed by atoms with Gasteiger partial charge in [-0.15, -0.1) is 0 Å². The molecule has 4 heavy (non-hydrogen) atoms. The molecule has 0 rings (SSSR count). The van der Waals surface area contributed by atoms with Crippen LogP contribution >= 0.6 is 0 Å². The first-order valence-electron chi connectivity index (χ1n) is 0.500. The molecule has 1 radical (unpaired) electrons. The van der Waals surface area contributed by atoms with Crippen LogP contribution in [-0.4, -0.2) is 7.05 Å². The molecule has 0 aromatic rings. The molecule has 2 heteroatoms. The van der Waals surface area contributed by atoms with E-state index in [0.29, 0.717) is 0 Å². The molecule has 0 bridgehead atoms. The first-order chi connectivity index (χ1) is 1.00. The molecule has 0 aromatic heterocycles. The fraction of sp³-hybridized carbons (Fsp3) is 1.00. The maximum atomic E-state index is 5.75. The molecule has 0 amide bonds. The summed E-state index contributed by atoms with van der Waals surface area (Å²) in [6.07, 6.45) is 0. The minimum Gasteiger partial charge on any atom is -0.680 e. The van der Waals surface area contributed by atoms with Gasteiger partial charge in [0.25, 0.3) is 0 Å². The Labute approximate surface area is 52.8 Å². The van der Waals surface area contributed by atoms with Crippen molar-refractivity contribution in [2.45, 2.75) is 7.43 Å². The van der Waals surface area contributed by atoms with Crippen LogP contribution in [0.5, 0.6) is 0 Å². The van der Waals surface area contributed by atoms with Crippen molar-refractivity contribution in [1.82, 2.24) is 0 Å². The summed E-state index contributed by atoms with van der Waals surface area (Å²) in [4.78, 5) is 0. The van der Waals surface area contributed by atoms with E-state index in [1.807, 2.05) is 0 Å². The van der Waals surface area contributed by atoms with Crippen LogP contribution in [0.2, 0.25) is 0 Å². The molecule has 0 atom stereocenters. The molecule has 0 unspecified atom stereocenters. The monoisotopic (exact) mass is 135 g/mol. The normalized spacial score (nSPS) is 1.50. The Kier molecular flexibility index (Phi) is 165. The van der Waals surface area contributed by atoms with Gasteiger partial charge >= 0.3 is 0 Å². The van der Waals surface area contributed by atoms with Crippen molar-refractivity contribution in [2.24, 2.45) is 0 Å². The van der Waals surface area contributed by atoms with Crippen molar-refractivity contribution in [3.8, 4) is 0 Å². The van der Waals surface area contributed by atoms with E-state index in [-0.39, 0.29) is 40.1 Å². The van der Waals surface area contributed by atoms with E-state index in [9.17, 15) is 0 Å². The number of nitrogens with one attached hydrogen (secondary N) is 1. The van der Waals surface area contributed by atoms with E-state index in [0.717, 1.165) is 0 Å². The summed E-state index contributed by atoms with van der Waals surface area (Å²) in [6.45, 7) is 0. The second-order valence-electron chi connectivity index (χ2n) is 0. The molecule has 0 fully saturated rings. The van der Waals surface area contributed by atoms with Crippen molar-refractivity contribution in [3.63, 3.8) is 0 Å². The predicted octanol–water partition coefficient (Wildman–Crippen LogP) is 1.30. The van der Waals surface area contributed by atoms with Crippen molar-refractivity contribution in [1.29, 1.82) is 0 Å². The Morgan fingerprint density at radius 2 is 1.25 bits per heavy atom. The standard InChI is InChI=1S/CH4N.CH4.Y/c1-2;;/h2H,1H3;1H4;/q-1;;. The largest absolute Gasteiger partial charge is 0.680 e. The topological polar surface area (TPSA) is 23.8 Å². The third-order valence-corrected chi connectivity index (χ3v) is 0. The molecular weight excluding hydrogens is 127 g/mol. The summed E-state index contributed by atoms with van der Waals surface area (Å²) < 4.78 is 0. The molecule has 0 spiro atoms. The molecule has 0 aliphatic rings.